The Bertz CT molecular complexity index is 176. The molecule has 1 heterocycles. The molecule has 0 aromatic carbocycles. The summed E-state index contributed by atoms with van der Waals surface area (Å²) in [5, 5.41) is 16.9. The maximum absolute atomic E-state index is 8.69. The summed E-state index contributed by atoms with van der Waals surface area (Å²) in [5.41, 5.74) is 0. The third-order valence-corrected chi connectivity index (χ3v) is 2.89. The molecule has 0 unspecified atom stereocenters. The fourth-order valence-corrected chi connectivity index (χ4v) is 2.09. The van der Waals surface area contributed by atoms with Crippen molar-refractivity contribution in [1.29, 1.82) is 0 Å². The zero-order chi connectivity index (χ0) is 11.8. The van der Waals surface area contributed by atoms with Gasteiger partial charge < -0.3 is 5.11 Å². The highest BCUT2D eigenvalue weighted by Crippen LogP contribution is 2.09. The summed E-state index contributed by atoms with van der Waals surface area (Å²) in [6, 6.07) is 0. The number of unbranched alkanes of at least 4 members (excludes halogenated alkanes) is 3. The highest BCUT2D eigenvalue weighted by molar-refractivity contribution is 4.65. The maximum atomic E-state index is 8.69. The first-order chi connectivity index (χ1) is 7.74. The molecule has 0 aliphatic carbocycles. The molecule has 0 radical (unpaired) electrons. The average molecular weight is 229 g/mol. The van der Waals surface area contributed by atoms with Crippen LogP contribution in [0.1, 0.15) is 39.5 Å². The van der Waals surface area contributed by atoms with E-state index in [2.05, 4.69) is 29.2 Å². The van der Waals surface area contributed by atoms with Crippen LogP contribution >= 0.6 is 0 Å². The topological polar surface area (TPSA) is 38.7 Å². The average Bonchev–Trinajstić information content (AvgIpc) is 2.64. The van der Waals surface area contributed by atoms with Gasteiger partial charge in [-0.15, -0.1) is 0 Å². The van der Waals surface area contributed by atoms with Gasteiger partial charge in [0.2, 0.25) is 0 Å². The lowest BCUT2D eigenvalue weighted by atomic mass is 10.2. The second-order valence-electron chi connectivity index (χ2n) is 5.02. The van der Waals surface area contributed by atoms with E-state index in [1.54, 1.807) is 0 Å². The molecule has 0 aromatic heterocycles. The van der Waals surface area contributed by atoms with Crippen LogP contribution in [0.5, 0.6) is 0 Å². The van der Waals surface area contributed by atoms with Gasteiger partial charge in [-0.2, -0.15) is 0 Å². The molecule has 0 bridgehead atoms. The number of aliphatic hydroxyl groups excluding tert-OH is 1. The number of hydrogen-bond donors (Lipinski definition) is 2. The number of rotatable bonds is 8. The van der Waals surface area contributed by atoms with Crippen LogP contribution in [0, 0.1) is 5.92 Å². The van der Waals surface area contributed by atoms with Gasteiger partial charge in [-0.3, -0.25) is 5.32 Å². The van der Waals surface area contributed by atoms with Gasteiger partial charge in [0, 0.05) is 19.7 Å². The van der Waals surface area contributed by atoms with Crippen molar-refractivity contribution in [2.75, 3.05) is 33.0 Å². The lowest BCUT2D eigenvalue weighted by Crippen LogP contribution is -2.39. The lowest BCUT2D eigenvalue weighted by molar-refractivity contribution is 0.0152. The van der Waals surface area contributed by atoms with E-state index in [9.17, 15) is 0 Å². The SMILES string of the molecule is CC(C)CN1CNCN1CCCCCCO. The van der Waals surface area contributed by atoms with Crippen molar-refractivity contribution in [1.82, 2.24) is 15.3 Å². The Morgan fingerprint density at radius 2 is 1.75 bits per heavy atom. The van der Waals surface area contributed by atoms with Crippen molar-refractivity contribution in [2.45, 2.75) is 39.5 Å². The van der Waals surface area contributed by atoms with Crippen LogP contribution in [0.2, 0.25) is 0 Å². The van der Waals surface area contributed by atoms with E-state index >= 15 is 0 Å². The van der Waals surface area contributed by atoms with Gasteiger partial charge in [-0.1, -0.05) is 26.7 Å². The number of nitrogens with one attached hydrogen (secondary N) is 1. The first-order valence-electron chi connectivity index (χ1n) is 6.55. The van der Waals surface area contributed by atoms with Crippen molar-refractivity contribution in [3.05, 3.63) is 0 Å². The van der Waals surface area contributed by atoms with Crippen molar-refractivity contribution < 1.29 is 5.11 Å². The minimum Gasteiger partial charge on any atom is -0.396 e. The normalized spacial score (nSPS) is 18.8. The highest BCUT2D eigenvalue weighted by Gasteiger charge is 2.20. The Labute approximate surface area is 99.6 Å². The standard InChI is InChI=1S/C12H27N3O/c1-12(2)9-15-11-13-10-14(15)7-5-3-4-6-8-16/h12-13,16H,3-11H2,1-2H3. The monoisotopic (exact) mass is 229 g/mol. The molecule has 1 aliphatic heterocycles. The predicted octanol–water partition coefficient (Wildman–Crippen LogP) is 1.23. The Kier molecular flexibility index (Phi) is 6.96. The molecule has 1 saturated heterocycles. The summed E-state index contributed by atoms with van der Waals surface area (Å²) in [4.78, 5) is 0. The van der Waals surface area contributed by atoms with Crippen LogP contribution < -0.4 is 5.32 Å². The number of nitrogens with zero attached hydrogens (tertiary/aromatic N) is 2. The molecule has 0 atom stereocenters. The third kappa shape index (κ3) is 5.25. The molecule has 4 nitrogen and oxygen atoms in total. The molecule has 0 spiro atoms. The number of hydrazine groups is 1. The zero-order valence-electron chi connectivity index (χ0n) is 10.8. The fraction of sp³-hybridized carbons (Fsp3) is 1.00. The molecular weight excluding hydrogens is 202 g/mol. The van der Waals surface area contributed by atoms with Crippen molar-refractivity contribution in [2.24, 2.45) is 5.92 Å². The molecule has 1 rings (SSSR count). The summed E-state index contributed by atoms with van der Waals surface area (Å²) >= 11 is 0. The Balaban J connectivity index is 2.10. The minimum atomic E-state index is 0.338. The van der Waals surface area contributed by atoms with Crippen LogP contribution in [-0.4, -0.2) is 48.2 Å². The highest BCUT2D eigenvalue weighted by atomic mass is 16.2. The summed E-state index contributed by atoms with van der Waals surface area (Å²) in [7, 11) is 0. The maximum Gasteiger partial charge on any atom is 0.0634 e. The van der Waals surface area contributed by atoms with Crippen molar-refractivity contribution >= 4 is 0 Å². The van der Waals surface area contributed by atoms with Crippen molar-refractivity contribution in [3.8, 4) is 0 Å². The molecule has 0 amide bonds. The van der Waals surface area contributed by atoms with E-state index in [0.29, 0.717) is 6.61 Å². The molecule has 1 fully saturated rings. The van der Waals surface area contributed by atoms with Gasteiger partial charge in [0.05, 0.1) is 13.3 Å². The van der Waals surface area contributed by atoms with E-state index in [-0.39, 0.29) is 0 Å². The number of aliphatic hydroxyl groups is 1. The van der Waals surface area contributed by atoms with Crippen LogP contribution in [-0.2, 0) is 0 Å². The van der Waals surface area contributed by atoms with Gasteiger partial charge in [0.25, 0.3) is 0 Å². The smallest absolute Gasteiger partial charge is 0.0634 e. The second-order valence-corrected chi connectivity index (χ2v) is 5.02. The fourth-order valence-electron chi connectivity index (χ4n) is 2.09. The second kappa shape index (κ2) is 8.01. The van der Waals surface area contributed by atoms with Crippen molar-refractivity contribution in [3.63, 3.8) is 0 Å². The first kappa shape index (κ1) is 13.9. The predicted molar refractivity (Wildman–Crippen MR) is 66.7 cm³/mol. The van der Waals surface area contributed by atoms with Gasteiger partial charge in [-0.05, 0) is 18.8 Å². The van der Waals surface area contributed by atoms with E-state index in [1.165, 1.54) is 12.8 Å². The van der Waals surface area contributed by atoms with E-state index in [0.717, 1.165) is 45.2 Å². The molecule has 96 valence electrons. The lowest BCUT2D eigenvalue weighted by Gasteiger charge is -2.28. The zero-order valence-corrected chi connectivity index (χ0v) is 10.8. The summed E-state index contributed by atoms with van der Waals surface area (Å²) in [6.45, 7) is 9.14. The number of hydrogen-bond acceptors (Lipinski definition) is 4. The third-order valence-electron chi connectivity index (χ3n) is 2.89. The van der Waals surface area contributed by atoms with E-state index < -0.39 is 0 Å². The molecule has 1 aliphatic rings. The van der Waals surface area contributed by atoms with Crippen LogP contribution in [0.15, 0.2) is 0 Å². The van der Waals surface area contributed by atoms with E-state index in [4.69, 9.17) is 5.11 Å². The molecule has 2 N–H and O–H groups in total. The quantitative estimate of drug-likeness (QED) is 0.614. The van der Waals surface area contributed by atoms with Crippen LogP contribution in [0.3, 0.4) is 0 Å². The Hall–Kier alpha value is -0.160. The molecule has 16 heavy (non-hydrogen) atoms. The molecule has 4 heteroatoms. The van der Waals surface area contributed by atoms with Gasteiger partial charge in [0.1, 0.15) is 0 Å². The first-order valence-corrected chi connectivity index (χ1v) is 6.55. The molecular formula is C12H27N3O. The summed E-state index contributed by atoms with van der Waals surface area (Å²) in [5.74, 6) is 0.719. The Morgan fingerprint density at radius 3 is 2.44 bits per heavy atom. The summed E-state index contributed by atoms with van der Waals surface area (Å²) < 4.78 is 0. The Morgan fingerprint density at radius 1 is 1.06 bits per heavy atom. The molecule has 0 saturated carbocycles. The summed E-state index contributed by atoms with van der Waals surface area (Å²) in [6.07, 6.45) is 4.57. The van der Waals surface area contributed by atoms with Crippen LogP contribution in [0.4, 0.5) is 0 Å². The molecule has 0 aromatic rings. The van der Waals surface area contributed by atoms with E-state index in [1.807, 2.05) is 0 Å². The van der Waals surface area contributed by atoms with Gasteiger partial charge in [0.15, 0.2) is 0 Å². The van der Waals surface area contributed by atoms with Crippen LogP contribution in [0.25, 0.3) is 0 Å². The minimum absolute atomic E-state index is 0.338. The van der Waals surface area contributed by atoms with Gasteiger partial charge >= 0.3 is 0 Å². The van der Waals surface area contributed by atoms with Gasteiger partial charge in [-0.25, -0.2) is 10.0 Å². The largest absolute Gasteiger partial charge is 0.396 e.